The molecule has 0 fully saturated rings. The van der Waals surface area contributed by atoms with Crippen molar-refractivity contribution in [2.24, 2.45) is 0 Å². The smallest absolute Gasteiger partial charge is 0.387 e. The highest BCUT2D eigenvalue weighted by Crippen LogP contribution is 2.43. The Kier molecular flexibility index (Phi) is 51.6. The van der Waals surface area contributed by atoms with Crippen LogP contribution in [0.2, 0.25) is 0 Å². The van der Waals surface area contributed by atoms with E-state index in [4.69, 9.17) is 9.05 Å². The lowest BCUT2D eigenvalue weighted by Gasteiger charge is -2.25. The summed E-state index contributed by atoms with van der Waals surface area (Å²) < 4.78 is 23.7. The predicted octanol–water partition coefficient (Wildman–Crippen LogP) is 18.5. The molecule has 0 heterocycles. The lowest BCUT2D eigenvalue weighted by Crippen LogP contribution is -2.45. The molecule has 3 atom stereocenters. The number of allylic oxidation sites excluding steroid dienone is 5. The van der Waals surface area contributed by atoms with E-state index in [1.165, 1.54) is 238 Å². The highest BCUT2D eigenvalue weighted by atomic mass is 31.2. The second-order valence-corrected chi connectivity index (χ2v) is 23.5. The van der Waals surface area contributed by atoms with Gasteiger partial charge in [0, 0.05) is 6.42 Å². The van der Waals surface area contributed by atoms with E-state index in [9.17, 15) is 19.4 Å². The summed E-state index contributed by atoms with van der Waals surface area (Å²) in [5, 5.41) is 13.9. The van der Waals surface area contributed by atoms with E-state index < -0.39 is 20.0 Å². The molecule has 70 heavy (non-hydrogen) atoms. The Hall–Kier alpha value is -1.28. The number of carbonyl (C=O) groups is 1. The van der Waals surface area contributed by atoms with Crippen molar-refractivity contribution in [2.45, 2.75) is 309 Å². The standard InChI is InChI=1S/C61H119N2O6P/c1-6-8-10-12-14-16-18-20-22-24-25-26-27-28-29-30-31-32-33-34-35-36-37-39-40-42-44-46-48-50-52-54-60(64)59(58-69-70(66,67)68-57-56-63(3,4)5)62-61(65)55-53-51-49-47-45-43-41-38-23-21-19-17-15-13-11-9-7-2/h21,23,44,46,52,54,59-60,64H,6-20,22,24-43,45,47-51,53,55-58H2,1-5H3,(H-,62,65,66,67)/p+1/b23-21-,46-44+,54-52+. The van der Waals surface area contributed by atoms with Crippen molar-refractivity contribution in [1.82, 2.24) is 5.32 Å². The van der Waals surface area contributed by atoms with Crippen molar-refractivity contribution < 1.29 is 32.9 Å². The zero-order chi connectivity index (χ0) is 51.3. The molecule has 0 aromatic carbocycles. The van der Waals surface area contributed by atoms with Crippen molar-refractivity contribution in [3.05, 3.63) is 36.5 Å². The van der Waals surface area contributed by atoms with Crippen molar-refractivity contribution in [2.75, 3.05) is 40.9 Å². The first kappa shape index (κ1) is 68.7. The lowest BCUT2D eigenvalue weighted by atomic mass is 10.0. The van der Waals surface area contributed by atoms with E-state index in [1.807, 2.05) is 27.2 Å². The summed E-state index contributed by atoms with van der Waals surface area (Å²) in [4.78, 5) is 23.3. The number of hydrogen-bond donors (Lipinski definition) is 3. The minimum atomic E-state index is -4.36. The average Bonchev–Trinajstić information content (AvgIpc) is 3.32. The number of rotatable bonds is 56. The van der Waals surface area contributed by atoms with Crippen LogP contribution in [0.3, 0.4) is 0 Å². The topological polar surface area (TPSA) is 105 Å². The minimum Gasteiger partial charge on any atom is -0.387 e. The second-order valence-electron chi connectivity index (χ2n) is 22.1. The van der Waals surface area contributed by atoms with Crippen molar-refractivity contribution in [3.8, 4) is 0 Å². The fraction of sp³-hybridized carbons (Fsp3) is 0.885. The molecule has 0 aliphatic carbocycles. The molecule has 0 radical (unpaired) electrons. The number of quaternary nitrogens is 1. The van der Waals surface area contributed by atoms with Crippen LogP contribution in [0.25, 0.3) is 0 Å². The molecule has 1 amide bonds. The summed E-state index contributed by atoms with van der Waals surface area (Å²) in [6, 6.07) is -0.866. The molecule has 0 bridgehead atoms. The number of aliphatic hydroxyl groups is 1. The molecule has 0 rings (SSSR count). The fourth-order valence-electron chi connectivity index (χ4n) is 9.06. The van der Waals surface area contributed by atoms with Gasteiger partial charge in [-0.15, -0.1) is 0 Å². The Balaban J connectivity index is 4.14. The average molecular weight is 1010 g/mol. The highest BCUT2D eigenvalue weighted by Gasteiger charge is 2.27. The number of amides is 1. The Bertz CT molecular complexity index is 1230. The molecule has 0 aliphatic rings. The van der Waals surface area contributed by atoms with E-state index in [0.717, 1.165) is 38.5 Å². The number of hydrogen-bond acceptors (Lipinski definition) is 5. The van der Waals surface area contributed by atoms with Crippen LogP contribution in [0.15, 0.2) is 36.5 Å². The first-order valence-electron chi connectivity index (χ1n) is 30.4. The number of carbonyl (C=O) groups excluding carboxylic acids is 1. The maximum Gasteiger partial charge on any atom is 0.472 e. The fourth-order valence-corrected chi connectivity index (χ4v) is 9.79. The van der Waals surface area contributed by atoms with Gasteiger partial charge >= 0.3 is 7.82 Å². The lowest BCUT2D eigenvalue weighted by molar-refractivity contribution is -0.870. The van der Waals surface area contributed by atoms with Crippen LogP contribution in [0.4, 0.5) is 0 Å². The van der Waals surface area contributed by atoms with Gasteiger partial charge in [0.1, 0.15) is 13.2 Å². The van der Waals surface area contributed by atoms with Gasteiger partial charge in [-0.2, -0.15) is 0 Å². The summed E-state index contributed by atoms with van der Waals surface area (Å²) in [7, 11) is 1.56. The number of unbranched alkanes of at least 4 members (excludes halogenated alkanes) is 39. The molecule has 0 aliphatic heterocycles. The van der Waals surface area contributed by atoms with Crippen LogP contribution in [0.1, 0.15) is 296 Å². The van der Waals surface area contributed by atoms with Crippen molar-refractivity contribution >= 4 is 13.7 Å². The number of phosphoric ester groups is 1. The van der Waals surface area contributed by atoms with E-state index in [0.29, 0.717) is 17.4 Å². The quantitative estimate of drug-likeness (QED) is 0.0243. The van der Waals surface area contributed by atoms with Crippen LogP contribution in [-0.4, -0.2) is 73.4 Å². The van der Waals surface area contributed by atoms with Gasteiger partial charge in [0.2, 0.25) is 5.91 Å². The number of nitrogens with zero attached hydrogens (tertiary/aromatic N) is 1. The molecule has 8 nitrogen and oxygen atoms in total. The van der Waals surface area contributed by atoms with Crippen LogP contribution in [-0.2, 0) is 18.4 Å². The van der Waals surface area contributed by atoms with Crippen LogP contribution in [0, 0.1) is 0 Å². The predicted molar refractivity (Wildman–Crippen MR) is 304 cm³/mol. The van der Waals surface area contributed by atoms with E-state index in [1.54, 1.807) is 6.08 Å². The number of likely N-dealkylation sites (N-methyl/N-ethyl adjacent to an activating group) is 1. The molecular weight excluding hydrogens is 888 g/mol. The summed E-state index contributed by atoms with van der Waals surface area (Å²) >= 11 is 0. The minimum absolute atomic E-state index is 0.0559. The van der Waals surface area contributed by atoms with Gasteiger partial charge in [0.25, 0.3) is 0 Å². The zero-order valence-corrected chi connectivity index (χ0v) is 48.2. The molecule has 3 N–H and O–H groups in total. The molecule has 0 saturated heterocycles. The van der Waals surface area contributed by atoms with Gasteiger partial charge in [-0.3, -0.25) is 13.8 Å². The van der Waals surface area contributed by atoms with Crippen LogP contribution in [0.5, 0.6) is 0 Å². The summed E-state index contributed by atoms with van der Waals surface area (Å²) in [6.45, 7) is 4.82. The Labute approximate surface area is 436 Å². The highest BCUT2D eigenvalue weighted by molar-refractivity contribution is 7.47. The Morgan fingerprint density at radius 2 is 0.786 bits per heavy atom. The molecular formula is C61H120N2O6P+. The molecule has 0 aromatic rings. The van der Waals surface area contributed by atoms with E-state index >= 15 is 0 Å². The Morgan fingerprint density at radius 1 is 0.471 bits per heavy atom. The first-order valence-corrected chi connectivity index (χ1v) is 31.9. The number of phosphoric acid groups is 1. The van der Waals surface area contributed by atoms with Crippen LogP contribution >= 0.6 is 7.82 Å². The van der Waals surface area contributed by atoms with Crippen molar-refractivity contribution in [1.29, 1.82) is 0 Å². The van der Waals surface area contributed by atoms with Crippen molar-refractivity contribution in [3.63, 3.8) is 0 Å². The summed E-state index contributed by atoms with van der Waals surface area (Å²) in [5.41, 5.74) is 0. The largest absolute Gasteiger partial charge is 0.472 e. The van der Waals surface area contributed by atoms with Gasteiger partial charge in [-0.05, 0) is 57.8 Å². The second kappa shape index (κ2) is 52.6. The maximum atomic E-state index is 13.0. The number of aliphatic hydroxyl groups excluding tert-OH is 1. The third-order valence-electron chi connectivity index (χ3n) is 13.8. The maximum absolute atomic E-state index is 13.0. The van der Waals surface area contributed by atoms with Gasteiger partial charge in [0.15, 0.2) is 0 Å². The van der Waals surface area contributed by atoms with E-state index in [2.05, 4.69) is 43.5 Å². The van der Waals surface area contributed by atoms with Gasteiger partial charge in [-0.25, -0.2) is 4.57 Å². The first-order chi connectivity index (χ1) is 34.0. The Morgan fingerprint density at radius 3 is 1.14 bits per heavy atom. The zero-order valence-electron chi connectivity index (χ0n) is 47.3. The third-order valence-corrected chi connectivity index (χ3v) is 14.8. The van der Waals surface area contributed by atoms with Gasteiger partial charge < -0.3 is 19.8 Å². The van der Waals surface area contributed by atoms with Crippen LogP contribution < -0.4 is 5.32 Å². The molecule has 3 unspecified atom stereocenters. The SMILES string of the molecule is CCCCCCCC/C=C\CCCCCCCCCC(=O)NC(COP(=O)(O)OCC[N+](C)(C)C)C(O)/C=C/CC/C=C/CCCCCCCCCCCCCCCCCCCCCCCCCCC. The monoisotopic (exact) mass is 1010 g/mol. The summed E-state index contributed by atoms with van der Waals surface area (Å²) in [6.07, 6.45) is 68.4. The third kappa shape index (κ3) is 54.5. The normalized spacial score (nSPS) is 14.1. The summed E-state index contributed by atoms with van der Waals surface area (Å²) in [5.74, 6) is -0.189. The molecule has 0 aromatic heterocycles. The van der Waals surface area contributed by atoms with E-state index in [-0.39, 0.29) is 19.1 Å². The molecule has 9 heteroatoms. The molecule has 0 spiro atoms. The molecule has 0 saturated carbocycles. The van der Waals surface area contributed by atoms with Gasteiger partial charge in [0.05, 0.1) is 39.9 Å². The van der Waals surface area contributed by atoms with Gasteiger partial charge in [-0.1, -0.05) is 269 Å². The number of nitrogens with one attached hydrogen (secondary N) is 1. The molecule has 414 valence electrons.